The number of carbonyl (C=O) groups is 1. The Labute approximate surface area is 109 Å². The molecule has 0 aliphatic carbocycles. The third-order valence-corrected chi connectivity index (χ3v) is 3.75. The van der Waals surface area contributed by atoms with Crippen molar-refractivity contribution in [1.82, 2.24) is 0 Å². The van der Waals surface area contributed by atoms with E-state index in [0.29, 0.717) is 16.5 Å². The Bertz CT molecular complexity index is 369. The molecule has 0 radical (unpaired) electrons. The molecule has 0 aliphatic rings. The van der Waals surface area contributed by atoms with Crippen LogP contribution in [0.3, 0.4) is 0 Å². The van der Waals surface area contributed by atoms with Gasteiger partial charge in [-0.3, -0.25) is 4.79 Å². The van der Waals surface area contributed by atoms with Crippen LogP contribution in [0.5, 0.6) is 0 Å². The number of carboxylic acids is 1. The van der Waals surface area contributed by atoms with E-state index < -0.39 is 5.97 Å². The zero-order valence-corrected chi connectivity index (χ0v) is 10.9. The van der Waals surface area contributed by atoms with Gasteiger partial charge in [0.05, 0.1) is 5.02 Å². The molecule has 0 saturated carbocycles. The Balaban J connectivity index is 2.31. The summed E-state index contributed by atoms with van der Waals surface area (Å²) in [6.45, 7) is 0. The summed E-state index contributed by atoms with van der Waals surface area (Å²) in [6.07, 6.45) is 1.78. The van der Waals surface area contributed by atoms with E-state index in [0.717, 1.165) is 17.1 Å². The minimum absolute atomic E-state index is 0.226. The molecule has 0 unspecified atom stereocenters. The van der Waals surface area contributed by atoms with E-state index in [9.17, 15) is 4.79 Å². The molecule has 1 aromatic rings. The number of hydrogen-bond acceptors (Lipinski definition) is 2. The normalized spacial score (nSPS) is 10.4. The summed E-state index contributed by atoms with van der Waals surface area (Å²) in [5, 5.41) is 9.82. The molecule has 5 heteroatoms. The maximum Gasteiger partial charge on any atom is 0.303 e. The highest BCUT2D eigenvalue weighted by molar-refractivity contribution is 7.99. The van der Waals surface area contributed by atoms with E-state index in [2.05, 4.69) is 0 Å². The van der Waals surface area contributed by atoms with Crippen molar-refractivity contribution in [3.8, 4) is 0 Å². The monoisotopic (exact) mass is 278 g/mol. The minimum atomic E-state index is -0.745. The van der Waals surface area contributed by atoms with Gasteiger partial charge in [0.1, 0.15) is 0 Å². The summed E-state index contributed by atoms with van der Waals surface area (Å²) < 4.78 is 0. The number of rotatable bonds is 6. The third-order valence-electron chi connectivity index (χ3n) is 1.94. The number of thioether (sulfide) groups is 1. The van der Waals surface area contributed by atoms with Gasteiger partial charge < -0.3 is 5.11 Å². The third kappa shape index (κ3) is 5.10. The van der Waals surface area contributed by atoms with Gasteiger partial charge in [-0.1, -0.05) is 23.2 Å². The molecule has 1 rings (SSSR count). The van der Waals surface area contributed by atoms with Gasteiger partial charge in [-0.05, 0) is 36.8 Å². The topological polar surface area (TPSA) is 37.3 Å². The average molecular weight is 279 g/mol. The summed E-state index contributed by atoms with van der Waals surface area (Å²) in [7, 11) is 0. The molecule has 0 bridgehead atoms. The molecule has 0 atom stereocenters. The van der Waals surface area contributed by atoms with E-state index >= 15 is 0 Å². The molecule has 0 saturated heterocycles. The number of halogens is 2. The van der Waals surface area contributed by atoms with Crippen LogP contribution in [-0.4, -0.2) is 16.8 Å². The zero-order valence-electron chi connectivity index (χ0n) is 8.58. The van der Waals surface area contributed by atoms with Gasteiger partial charge in [0.15, 0.2) is 0 Å². The van der Waals surface area contributed by atoms with Crippen LogP contribution >= 0.6 is 35.0 Å². The largest absolute Gasteiger partial charge is 0.481 e. The Morgan fingerprint density at radius 3 is 2.75 bits per heavy atom. The summed E-state index contributed by atoms with van der Waals surface area (Å²) in [6, 6.07) is 5.34. The van der Waals surface area contributed by atoms with Gasteiger partial charge in [0.2, 0.25) is 0 Å². The van der Waals surface area contributed by atoms with Crippen molar-refractivity contribution in [3.63, 3.8) is 0 Å². The molecule has 1 N–H and O–H groups in total. The fourth-order valence-electron chi connectivity index (χ4n) is 1.15. The van der Waals surface area contributed by atoms with Gasteiger partial charge in [-0.25, -0.2) is 0 Å². The highest BCUT2D eigenvalue weighted by atomic mass is 35.5. The number of aliphatic carboxylic acids is 1. The predicted octanol–water partition coefficient (Wildman–Crippen LogP) is 4.34. The van der Waals surface area contributed by atoms with Gasteiger partial charge in [-0.15, -0.1) is 11.8 Å². The molecule has 1 aromatic carbocycles. The van der Waals surface area contributed by atoms with Crippen LogP contribution in [0, 0.1) is 0 Å². The van der Waals surface area contributed by atoms with E-state index in [4.69, 9.17) is 28.3 Å². The van der Waals surface area contributed by atoms with Gasteiger partial charge in [-0.2, -0.15) is 0 Å². The highest BCUT2D eigenvalue weighted by Crippen LogP contribution is 2.30. The Hall–Kier alpha value is -0.380. The molecule has 2 nitrogen and oxygen atoms in total. The lowest BCUT2D eigenvalue weighted by Gasteiger charge is -2.04. The first kappa shape index (κ1) is 13.7. The summed E-state index contributed by atoms with van der Waals surface area (Å²) >= 11 is 13.4. The Kier molecular flexibility index (Phi) is 6.03. The highest BCUT2D eigenvalue weighted by Gasteiger charge is 2.02. The van der Waals surface area contributed by atoms with Crippen LogP contribution in [-0.2, 0) is 4.79 Å². The van der Waals surface area contributed by atoms with Crippen molar-refractivity contribution in [1.29, 1.82) is 0 Å². The lowest BCUT2D eigenvalue weighted by molar-refractivity contribution is -0.137. The number of carboxylic acid groups (broad SMARTS) is 1. The summed E-state index contributed by atoms with van der Waals surface area (Å²) in [5.41, 5.74) is 0. The molecule has 0 amide bonds. The molecule has 16 heavy (non-hydrogen) atoms. The van der Waals surface area contributed by atoms with Gasteiger partial charge in [0.25, 0.3) is 0 Å². The smallest absolute Gasteiger partial charge is 0.303 e. The summed E-state index contributed by atoms with van der Waals surface area (Å²) in [5.74, 6) is 0.110. The Morgan fingerprint density at radius 2 is 2.06 bits per heavy atom. The number of hydrogen-bond donors (Lipinski definition) is 1. The number of benzene rings is 1. The van der Waals surface area contributed by atoms with E-state index in [1.54, 1.807) is 23.9 Å². The fraction of sp³-hybridized carbons (Fsp3) is 0.364. The van der Waals surface area contributed by atoms with Gasteiger partial charge in [0, 0.05) is 16.3 Å². The van der Waals surface area contributed by atoms with E-state index in [1.807, 2.05) is 6.07 Å². The molecule has 0 fully saturated rings. The number of unbranched alkanes of at least 4 members (excludes halogenated alkanes) is 1. The standard InChI is InChI=1S/C11H12Cl2O2S/c12-8-4-5-9(13)10(7-8)16-6-2-1-3-11(14)15/h4-5,7H,1-3,6H2,(H,14,15). The first-order chi connectivity index (χ1) is 7.59. The van der Waals surface area contributed by atoms with Crippen LogP contribution in [0.25, 0.3) is 0 Å². The maximum atomic E-state index is 10.3. The quantitative estimate of drug-likeness (QED) is 0.621. The van der Waals surface area contributed by atoms with Crippen LogP contribution in [0.2, 0.25) is 10.0 Å². The SMILES string of the molecule is O=C(O)CCCCSc1cc(Cl)ccc1Cl. The summed E-state index contributed by atoms with van der Waals surface area (Å²) in [4.78, 5) is 11.2. The lowest BCUT2D eigenvalue weighted by Crippen LogP contribution is -1.94. The van der Waals surface area contributed by atoms with Crippen LogP contribution < -0.4 is 0 Å². The minimum Gasteiger partial charge on any atom is -0.481 e. The van der Waals surface area contributed by atoms with Crippen molar-refractivity contribution in [2.45, 2.75) is 24.2 Å². The van der Waals surface area contributed by atoms with Crippen molar-refractivity contribution in [3.05, 3.63) is 28.2 Å². The van der Waals surface area contributed by atoms with Crippen LogP contribution in [0.1, 0.15) is 19.3 Å². The fourth-order valence-corrected chi connectivity index (χ4v) is 2.65. The van der Waals surface area contributed by atoms with Crippen LogP contribution in [0.15, 0.2) is 23.1 Å². The molecule has 0 spiro atoms. The Morgan fingerprint density at radius 1 is 1.31 bits per heavy atom. The van der Waals surface area contributed by atoms with E-state index in [-0.39, 0.29) is 6.42 Å². The maximum absolute atomic E-state index is 10.3. The van der Waals surface area contributed by atoms with Crippen molar-refractivity contribution < 1.29 is 9.90 Å². The van der Waals surface area contributed by atoms with Crippen molar-refractivity contribution in [2.24, 2.45) is 0 Å². The molecular formula is C11H12Cl2O2S. The second-order valence-corrected chi connectivity index (χ2v) is 5.25. The van der Waals surface area contributed by atoms with Crippen molar-refractivity contribution in [2.75, 3.05) is 5.75 Å². The molecule has 0 aliphatic heterocycles. The van der Waals surface area contributed by atoms with Crippen LogP contribution in [0.4, 0.5) is 0 Å². The molecule has 0 heterocycles. The second-order valence-electron chi connectivity index (χ2n) is 3.27. The molecular weight excluding hydrogens is 267 g/mol. The molecule has 0 aromatic heterocycles. The zero-order chi connectivity index (χ0) is 12.0. The van der Waals surface area contributed by atoms with E-state index in [1.165, 1.54) is 0 Å². The molecule has 88 valence electrons. The average Bonchev–Trinajstić information content (AvgIpc) is 2.22. The first-order valence-electron chi connectivity index (χ1n) is 4.89. The predicted molar refractivity (Wildman–Crippen MR) is 68.7 cm³/mol. The lowest BCUT2D eigenvalue weighted by atomic mass is 10.2. The first-order valence-corrected chi connectivity index (χ1v) is 6.63. The van der Waals surface area contributed by atoms with Crippen molar-refractivity contribution >= 4 is 40.9 Å². The van der Waals surface area contributed by atoms with Gasteiger partial charge >= 0.3 is 5.97 Å². The second kappa shape index (κ2) is 7.05.